The molecule has 1 atom stereocenters. The van der Waals surface area contributed by atoms with E-state index in [-0.39, 0.29) is 23.8 Å². The summed E-state index contributed by atoms with van der Waals surface area (Å²) in [5.41, 5.74) is 1.51. The molecule has 0 unspecified atom stereocenters. The van der Waals surface area contributed by atoms with E-state index in [4.69, 9.17) is 11.6 Å². The fourth-order valence-corrected chi connectivity index (χ4v) is 5.76. The lowest BCUT2D eigenvalue weighted by Crippen LogP contribution is -2.52. The molecule has 1 N–H and O–H groups in total. The highest BCUT2D eigenvalue weighted by Gasteiger charge is 2.33. The summed E-state index contributed by atoms with van der Waals surface area (Å²) in [6, 6.07) is 27.8. The van der Waals surface area contributed by atoms with Crippen molar-refractivity contribution in [3.05, 3.63) is 113 Å². The Balaban J connectivity index is 1.66. The van der Waals surface area contributed by atoms with Gasteiger partial charge in [0.05, 0.1) is 11.4 Å². The van der Waals surface area contributed by atoms with Crippen LogP contribution in [0.15, 0.2) is 102 Å². The molecule has 0 bridgehead atoms. The number of halogens is 1. The van der Waals surface area contributed by atoms with E-state index in [1.807, 2.05) is 54.6 Å². The summed E-state index contributed by atoms with van der Waals surface area (Å²) in [5.74, 6) is -0.884. The minimum absolute atomic E-state index is 0.0350. The van der Waals surface area contributed by atoms with Gasteiger partial charge in [-0.05, 0) is 40.1 Å². The van der Waals surface area contributed by atoms with Gasteiger partial charge in [-0.25, -0.2) is 8.42 Å². The molecule has 0 aromatic heterocycles. The summed E-state index contributed by atoms with van der Waals surface area (Å²) in [6.07, 6.45) is 0.248. The highest BCUT2D eigenvalue weighted by molar-refractivity contribution is 7.89. The largest absolute Gasteiger partial charge is 0.357 e. The van der Waals surface area contributed by atoms with Gasteiger partial charge in [-0.3, -0.25) is 9.59 Å². The van der Waals surface area contributed by atoms with Crippen molar-refractivity contribution >= 4 is 44.2 Å². The summed E-state index contributed by atoms with van der Waals surface area (Å²) in [4.78, 5) is 28.4. The van der Waals surface area contributed by atoms with E-state index < -0.39 is 28.5 Å². The van der Waals surface area contributed by atoms with Gasteiger partial charge in [-0.15, -0.1) is 0 Å². The minimum atomic E-state index is -3.99. The zero-order valence-corrected chi connectivity index (χ0v) is 23.3. The predicted molar refractivity (Wildman–Crippen MR) is 154 cm³/mol. The Morgan fingerprint density at radius 2 is 1.51 bits per heavy atom. The van der Waals surface area contributed by atoms with Crippen LogP contribution in [0.4, 0.5) is 0 Å². The van der Waals surface area contributed by atoms with Gasteiger partial charge in [0.1, 0.15) is 6.04 Å². The van der Waals surface area contributed by atoms with Crippen LogP contribution in [-0.4, -0.2) is 56.1 Å². The molecule has 4 aromatic carbocycles. The smallest absolute Gasteiger partial charge is 0.243 e. The van der Waals surface area contributed by atoms with Crippen molar-refractivity contribution in [1.29, 1.82) is 0 Å². The number of sulfonamides is 1. The number of fused-ring (bicyclic) bond motifs is 1. The number of hydrogen-bond donors (Lipinski definition) is 1. The zero-order chi connectivity index (χ0) is 28.0. The Bertz CT molecular complexity index is 1580. The zero-order valence-electron chi connectivity index (χ0n) is 21.7. The Labute approximate surface area is 234 Å². The van der Waals surface area contributed by atoms with Crippen LogP contribution in [-0.2, 0) is 32.6 Å². The van der Waals surface area contributed by atoms with E-state index in [1.54, 1.807) is 36.4 Å². The van der Waals surface area contributed by atoms with E-state index in [2.05, 4.69) is 5.32 Å². The van der Waals surface area contributed by atoms with Crippen LogP contribution in [0.5, 0.6) is 0 Å². The highest BCUT2D eigenvalue weighted by atomic mass is 35.5. The van der Waals surface area contributed by atoms with Gasteiger partial charge < -0.3 is 10.2 Å². The van der Waals surface area contributed by atoms with E-state index in [9.17, 15) is 18.0 Å². The van der Waals surface area contributed by atoms with Gasteiger partial charge in [-0.1, -0.05) is 90.5 Å². The van der Waals surface area contributed by atoms with Crippen molar-refractivity contribution in [2.45, 2.75) is 23.9 Å². The second-order valence-electron chi connectivity index (χ2n) is 9.20. The summed E-state index contributed by atoms with van der Waals surface area (Å²) >= 11 is 6.41. The second-order valence-corrected chi connectivity index (χ2v) is 11.7. The van der Waals surface area contributed by atoms with Crippen LogP contribution >= 0.6 is 11.6 Å². The first kappa shape index (κ1) is 28.3. The molecular weight excluding hydrogens is 534 g/mol. The lowest BCUT2D eigenvalue weighted by molar-refractivity contribution is -0.141. The monoisotopic (exact) mass is 563 g/mol. The fraction of sp³-hybridized carbons (Fsp3) is 0.200. The molecule has 4 rings (SSSR count). The molecule has 0 aliphatic heterocycles. The first-order valence-corrected chi connectivity index (χ1v) is 14.3. The van der Waals surface area contributed by atoms with Crippen LogP contribution in [0.1, 0.15) is 11.1 Å². The average molecular weight is 564 g/mol. The summed E-state index contributed by atoms with van der Waals surface area (Å²) in [5, 5.41) is 4.79. The molecule has 0 saturated heterocycles. The quantitative estimate of drug-likeness (QED) is 0.308. The molecular formula is C30H30ClN3O4S. The molecule has 0 fully saturated rings. The van der Waals surface area contributed by atoms with Crippen molar-refractivity contribution in [3.8, 4) is 0 Å². The molecule has 0 spiro atoms. The molecule has 0 radical (unpaired) electrons. The molecule has 202 valence electrons. The van der Waals surface area contributed by atoms with Gasteiger partial charge in [0.25, 0.3) is 0 Å². The summed E-state index contributed by atoms with van der Waals surface area (Å²) in [7, 11) is -1.12. The molecule has 2 amide bonds. The van der Waals surface area contributed by atoms with Gasteiger partial charge >= 0.3 is 0 Å². The van der Waals surface area contributed by atoms with Gasteiger partial charge in [0.15, 0.2) is 0 Å². The predicted octanol–water partition coefficient (Wildman–Crippen LogP) is 4.50. The maximum Gasteiger partial charge on any atom is 0.243 e. The number of nitrogens with one attached hydrogen (secondary N) is 1. The maximum absolute atomic E-state index is 13.8. The number of hydrogen-bond acceptors (Lipinski definition) is 4. The standard InChI is InChI=1S/C30H30ClN3O4S/c1-32-30(36)28(18-22-10-4-3-5-11-22)34(20-25-14-8-9-15-27(25)31)29(35)21-33(2)39(37,38)26-17-16-23-12-6-7-13-24(23)19-26/h3-17,19,28H,18,20-21H2,1-2H3,(H,32,36)/t28-/m1/s1. The van der Waals surface area contributed by atoms with Crippen LogP contribution in [0.2, 0.25) is 5.02 Å². The normalized spacial score (nSPS) is 12.3. The number of likely N-dealkylation sites (N-methyl/N-ethyl adjacent to an activating group) is 2. The molecule has 0 heterocycles. The van der Waals surface area contributed by atoms with Crippen molar-refractivity contribution in [1.82, 2.24) is 14.5 Å². The van der Waals surface area contributed by atoms with E-state index in [1.165, 1.54) is 25.1 Å². The molecule has 0 aliphatic rings. The lowest BCUT2D eigenvalue weighted by Gasteiger charge is -2.32. The van der Waals surface area contributed by atoms with Gasteiger partial charge in [0, 0.05) is 32.1 Å². The first-order chi connectivity index (χ1) is 18.7. The molecule has 9 heteroatoms. The van der Waals surface area contributed by atoms with Crippen molar-refractivity contribution in [2.75, 3.05) is 20.6 Å². The van der Waals surface area contributed by atoms with Crippen LogP contribution in [0.25, 0.3) is 10.8 Å². The third-order valence-corrected chi connectivity index (χ3v) is 8.77. The first-order valence-electron chi connectivity index (χ1n) is 12.4. The molecule has 39 heavy (non-hydrogen) atoms. The Morgan fingerprint density at radius 3 is 2.21 bits per heavy atom. The van der Waals surface area contributed by atoms with Crippen molar-refractivity contribution < 1.29 is 18.0 Å². The third-order valence-electron chi connectivity index (χ3n) is 6.60. The fourth-order valence-electron chi connectivity index (χ4n) is 4.40. The Morgan fingerprint density at radius 1 is 0.872 bits per heavy atom. The number of amides is 2. The van der Waals surface area contributed by atoms with Crippen molar-refractivity contribution in [3.63, 3.8) is 0 Å². The second kappa shape index (κ2) is 12.4. The molecule has 0 saturated carbocycles. The average Bonchev–Trinajstić information content (AvgIpc) is 2.95. The maximum atomic E-state index is 13.8. The van der Waals surface area contributed by atoms with Crippen LogP contribution < -0.4 is 5.32 Å². The van der Waals surface area contributed by atoms with Crippen LogP contribution in [0.3, 0.4) is 0 Å². The Kier molecular flexibility index (Phi) is 9.01. The number of rotatable bonds is 10. The molecule has 4 aromatic rings. The van der Waals surface area contributed by atoms with E-state index >= 15 is 0 Å². The Hall–Kier alpha value is -3.72. The summed E-state index contributed by atoms with van der Waals surface area (Å²) in [6.45, 7) is -0.421. The molecule has 7 nitrogen and oxygen atoms in total. The number of benzene rings is 4. The number of carbonyl (C=O) groups is 2. The van der Waals surface area contributed by atoms with E-state index in [0.717, 1.165) is 20.6 Å². The summed E-state index contributed by atoms with van der Waals surface area (Å²) < 4.78 is 27.9. The number of carbonyl (C=O) groups excluding carboxylic acids is 2. The van der Waals surface area contributed by atoms with Crippen molar-refractivity contribution in [2.24, 2.45) is 0 Å². The topological polar surface area (TPSA) is 86.8 Å². The third kappa shape index (κ3) is 6.65. The number of nitrogens with zero attached hydrogens (tertiary/aromatic N) is 2. The van der Waals surface area contributed by atoms with E-state index in [0.29, 0.717) is 10.6 Å². The SMILES string of the molecule is CNC(=O)[C@@H](Cc1ccccc1)N(Cc1ccccc1Cl)C(=O)CN(C)S(=O)(=O)c1ccc2ccccc2c1. The lowest BCUT2D eigenvalue weighted by atomic mass is 10.0. The minimum Gasteiger partial charge on any atom is -0.357 e. The molecule has 0 aliphatic carbocycles. The van der Waals surface area contributed by atoms with Crippen LogP contribution in [0, 0.1) is 0 Å². The highest BCUT2D eigenvalue weighted by Crippen LogP contribution is 2.23. The van der Waals surface area contributed by atoms with Gasteiger partial charge in [0.2, 0.25) is 21.8 Å². The van der Waals surface area contributed by atoms with Gasteiger partial charge in [-0.2, -0.15) is 4.31 Å².